The molecule has 0 saturated carbocycles. The second-order valence-electron chi connectivity index (χ2n) is 6.25. The predicted molar refractivity (Wildman–Crippen MR) is 81.1 cm³/mol. The topological polar surface area (TPSA) is 99.3 Å². The molecule has 1 aromatic rings. The number of rotatable bonds is 5. The summed E-state index contributed by atoms with van der Waals surface area (Å²) in [5, 5.41) is 11.8. The van der Waals surface area contributed by atoms with Gasteiger partial charge in [0.2, 0.25) is 0 Å². The molecule has 22 heavy (non-hydrogen) atoms. The van der Waals surface area contributed by atoms with Crippen LogP contribution in [0.2, 0.25) is 0 Å². The lowest BCUT2D eigenvalue weighted by atomic mass is 9.93. The number of aromatic amines is 1. The molecule has 0 aromatic carbocycles. The molecule has 6 nitrogen and oxygen atoms in total. The summed E-state index contributed by atoms with van der Waals surface area (Å²) in [6, 6.07) is -0.928. The third kappa shape index (κ3) is 3.21. The third-order valence-electron chi connectivity index (χ3n) is 3.97. The molecule has 1 aliphatic carbocycles. The number of hydrogen-bond acceptors (Lipinski definition) is 3. The largest absolute Gasteiger partial charge is 0.480 e. The Hall–Kier alpha value is -2.11. The molecule has 1 heterocycles. The van der Waals surface area contributed by atoms with Crippen molar-refractivity contribution in [2.24, 2.45) is 5.92 Å². The number of amides is 1. The van der Waals surface area contributed by atoms with Crippen LogP contribution in [-0.4, -0.2) is 33.8 Å². The second-order valence-corrected chi connectivity index (χ2v) is 6.25. The van der Waals surface area contributed by atoms with Gasteiger partial charge in [-0.3, -0.25) is 9.59 Å². The lowest BCUT2D eigenvalue weighted by molar-refractivity contribution is -0.139. The van der Waals surface area contributed by atoms with E-state index in [2.05, 4.69) is 10.3 Å². The number of carbonyl (C=O) groups is 3. The van der Waals surface area contributed by atoms with Crippen molar-refractivity contribution in [3.05, 3.63) is 22.5 Å². The van der Waals surface area contributed by atoms with Crippen LogP contribution in [-0.2, 0) is 11.2 Å². The zero-order valence-corrected chi connectivity index (χ0v) is 13.2. The monoisotopic (exact) mass is 306 g/mol. The van der Waals surface area contributed by atoms with E-state index < -0.39 is 17.9 Å². The number of carboxylic acid groups (broad SMARTS) is 1. The van der Waals surface area contributed by atoms with Gasteiger partial charge in [-0.05, 0) is 37.7 Å². The highest BCUT2D eigenvalue weighted by molar-refractivity contribution is 6.04. The first-order valence-electron chi connectivity index (χ1n) is 7.59. The SMILES string of the molecule is Cc1c(C(=O)N[C@@H](CC(C)C)C(=O)O)[nH]c2c1C(=O)CCC2. The Balaban J connectivity index is 2.23. The number of aryl methyl sites for hydroxylation is 1. The standard InChI is InChI=1S/C16H22N2O4/c1-8(2)7-11(16(21)22)18-15(20)14-9(3)13-10(17-14)5-4-6-12(13)19/h8,11,17H,4-7H2,1-3H3,(H,18,20)(H,21,22)/t11-/m0/s1. The number of fused-ring (bicyclic) bond motifs is 1. The average Bonchev–Trinajstić information content (AvgIpc) is 2.76. The molecule has 1 aromatic heterocycles. The van der Waals surface area contributed by atoms with Crippen molar-refractivity contribution in [3.63, 3.8) is 0 Å². The maximum absolute atomic E-state index is 12.4. The molecule has 0 aliphatic heterocycles. The minimum atomic E-state index is -1.05. The van der Waals surface area contributed by atoms with Gasteiger partial charge in [0, 0.05) is 17.7 Å². The van der Waals surface area contributed by atoms with E-state index in [1.165, 1.54) is 0 Å². The lowest BCUT2D eigenvalue weighted by Gasteiger charge is -2.16. The van der Waals surface area contributed by atoms with Crippen molar-refractivity contribution in [1.29, 1.82) is 0 Å². The van der Waals surface area contributed by atoms with Gasteiger partial charge in [-0.2, -0.15) is 0 Å². The lowest BCUT2D eigenvalue weighted by Crippen LogP contribution is -2.42. The highest BCUT2D eigenvalue weighted by atomic mass is 16.4. The van der Waals surface area contributed by atoms with Gasteiger partial charge in [0.25, 0.3) is 5.91 Å². The number of aliphatic carboxylic acids is 1. The van der Waals surface area contributed by atoms with Crippen molar-refractivity contribution >= 4 is 17.7 Å². The number of aromatic nitrogens is 1. The molecule has 120 valence electrons. The molecular weight excluding hydrogens is 284 g/mol. The van der Waals surface area contributed by atoms with Crippen LogP contribution in [0.4, 0.5) is 0 Å². The summed E-state index contributed by atoms with van der Waals surface area (Å²) >= 11 is 0. The molecule has 0 saturated heterocycles. The first-order valence-corrected chi connectivity index (χ1v) is 7.59. The fourth-order valence-corrected chi connectivity index (χ4v) is 2.92. The molecule has 3 N–H and O–H groups in total. The molecule has 0 bridgehead atoms. The Morgan fingerprint density at radius 1 is 1.32 bits per heavy atom. The summed E-state index contributed by atoms with van der Waals surface area (Å²) in [6.45, 7) is 5.53. The number of carboxylic acids is 1. The van der Waals surface area contributed by atoms with Gasteiger partial charge in [0.15, 0.2) is 5.78 Å². The van der Waals surface area contributed by atoms with E-state index in [0.717, 1.165) is 18.5 Å². The van der Waals surface area contributed by atoms with E-state index in [9.17, 15) is 19.5 Å². The highest BCUT2D eigenvalue weighted by Crippen LogP contribution is 2.26. The molecule has 2 rings (SSSR count). The number of carbonyl (C=O) groups excluding carboxylic acids is 2. The fourth-order valence-electron chi connectivity index (χ4n) is 2.92. The molecular formula is C16H22N2O4. The molecule has 1 atom stereocenters. The molecule has 1 aliphatic rings. The Morgan fingerprint density at radius 2 is 2.00 bits per heavy atom. The van der Waals surface area contributed by atoms with Gasteiger partial charge in [0.05, 0.1) is 0 Å². The summed E-state index contributed by atoms with van der Waals surface area (Å²) in [6.07, 6.45) is 2.37. The number of nitrogens with one attached hydrogen (secondary N) is 2. The Morgan fingerprint density at radius 3 is 2.55 bits per heavy atom. The van der Waals surface area contributed by atoms with Gasteiger partial charge < -0.3 is 15.4 Å². The summed E-state index contributed by atoms with van der Waals surface area (Å²) < 4.78 is 0. The van der Waals surface area contributed by atoms with E-state index in [-0.39, 0.29) is 11.7 Å². The maximum atomic E-state index is 12.4. The fraction of sp³-hybridized carbons (Fsp3) is 0.562. The molecule has 6 heteroatoms. The number of ketones is 1. The van der Waals surface area contributed by atoms with Crippen molar-refractivity contribution in [2.45, 2.75) is 52.5 Å². The zero-order valence-electron chi connectivity index (χ0n) is 13.2. The third-order valence-corrected chi connectivity index (χ3v) is 3.97. The van der Waals surface area contributed by atoms with Gasteiger partial charge in [-0.15, -0.1) is 0 Å². The van der Waals surface area contributed by atoms with E-state index in [4.69, 9.17) is 0 Å². The van der Waals surface area contributed by atoms with Gasteiger partial charge in [-0.1, -0.05) is 13.8 Å². The minimum Gasteiger partial charge on any atom is -0.480 e. The first-order chi connectivity index (χ1) is 10.3. The molecule has 1 amide bonds. The summed E-state index contributed by atoms with van der Waals surface area (Å²) in [5.41, 5.74) is 2.31. The van der Waals surface area contributed by atoms with Crippen LogP contribution in [0.25, 0.3) is 0 Å². The van der Waals surface area contributed by atoms with Crippen LogP contribution in [0.5, 0.6) is 0 Å². The van der Waals surface area contributed by atoms with Crippen molar-refractivity contribution in [1.82, 2.24) is 10.3 Å². The minimum absolute atomic E-state index is 0.0472. The average molecular weight is 306 g/mol. The van der Waals surface area contributed by atoms with E-state index >= 15 is 0 Å². The van der Waals surface area contributed by atoms with Crippen molar-refractivity contribution in [2.75, 3.05) is 0 Å². The Bertz CT molecular complexity index is 616. The van der Waals surface area contributed by atoms with Crippen LogP contribution in [0.15, 0.2) is 0 Å². The maximum Gasteiger partial charge on any atom is 0.326 e. The Labute approximate surface area is 129 Å². The summed E-state index contributed by atoms with van der Waals surface area (Å²) in [7, 11) is 0. The smallest absolute Gasteiger partial charge is 0.326 e. The van der Waals surface area contributed by atoms with Crippen LogP contribution < -0.4 is 5.32 Å². The van der Waals surface area contributed by atoms with Crippen LogP contribution in [0.1, 0.15) is 65.2 Å². The number of hydrogen-bond donors (Lipinski definition) is 3. The first kappa shape index (κ1) is 16.3. The number of H-pyrrole nitrogens is 1. The summed E-state index contributed by atoms with van der Waals surface area (Å²) in [5.74, 6) is -1.31. The van der Waals surface area contributed by atoms with Crippen molar-refractivity contribution in [3.8, 4) is 0 Å². The van der Waals surface area contributed by atoms with Gasteiger partial charge >= 0.3 is 5.97 Å². The van der Waals surface area contributed by atoms with E-state index in [1.54, 1.807) is 6.92 Å². The molecule has 0 fully saturated rings. The van der Waals surface area contributed by atoms with Crippen LogP contribution in [0.3, 0.4) is 0 Å². The zero-order chi connectivity index (χ0) is 16.4. The van der Waals surface area contributed by atoms with Gasteiger partial charge in [-0.25, -0.2) is 4.79 Å². The molecule has 0 unspecified atom stereocenters. The van der Waals surface area contributed by atoms with Crippen LogP contribution in [0, 0.1) is 12.8 Å². The van der Waals surface area contributed by atoms with Gasteiger partial charge in [0.1, 0.15) is 11.7 Å². The molecule has 0 spiro atoms. The second kappa shape index (κ2) is 6.34. The molecule has 0 radical (unpaired) electrons. The summed E-state index contributed by atoms with van der Waals surface area (Å²) in [4.78, 5) is 38.6. The predicted octanol–water partition coefficient (Wildman–Crippen LogP) is 2.07. The van der Waals surface area contributed by atoms with Crippen molar-refractivity contribution < 1.29 is 19.5 Å². The van der Waals surface area contributed by atoms with E-state index in [1.807, 2.05) is 13.8 Å². The highest BCUT2D eigenvalue weighted by Gasteiger charge is 2.28. The quantitative estimate of drug-likeness (QED) is 0.775. The van der Waals surface area contributed by atoms with Crippen LogP contribution >= 0.6 is 0 Å². The van der Waals surface area contributed by atoms with E-state index in [0.29, 0.717) is 29.7 Å². The number of Topliss-reactive ketones (excluding diaryl/α,β-unsaturated/α-hetero) is 1. The normalized spacial score (nSPS) is 15.5. The Kier molecular flexibility index (Phi) is 4.68.